The molecule has 1 aliphatic rings. The monoisotopic (exact) mass is 364 g/mol. The van der Waals surface area contributed by atoms with Crippen LogP contribution >= 0.6 is 35.3 Å². The minimum atomic E-state index is -0.479. The van der Waals surface area contributed by atoms with Gasteiger partial charge in [0.25, 0.3) is 11.8 Å². The lowest BCUT2D eigenvalue weighted by Gasteiger charge is -2.14. The van der Waals surface area contributed by atoms with Crippen LogP contribution < -0.4 is 5.43 Å². The predicted molar refractivity (Wildman–Crippen MR) is 93.2 cm³/mol. The Morgan fingerprint density at radius 3 is 2.74 bits per heavy atom. The number of thiocarbonyl (C=S) groups is 1. The first-order valence-corrected chi connectivity index (χ1v) is 8.53. The molecule has 1 N–H and O–H groups in total. The average molecular weight is 364 g/mol. The molecule has 2 heterocycles. The van der Waals surface area contributed by atoms with Gasteiger partial charge in [-0.1, -0.05) is 36.0 Å². The second kappa shape index (κ2) is 6.61. The highest BCUT2D eigenvalue weighted by atomic mass is 32.2. The molecule has 4 nitrogen and oxygen atoms in total. The lowest BCUT2D eigenvalue weighted by Crippen LogP contribution is -2.44. The van der Waals surface area contributed by atoms with E-state index in [9.17, 15) is 14.0 Å². The van der Waals surface area contributed by atoms with Crippen molar-refractivity contribution in [2.75, 3.05) is 0 Å². The van der Waals surface area contributed by atoms with E-state index >= 15 is 0 Å². The normalized spacial score (nSPS) is 16.2. The van der Waals surface area contributed by atoms with E-state index < -0.39 is 17.6 Å². The van der Waals surface area contributed by atoms with Crippen molar-refractivity contribution >= 4 is 57.5 Å². The van der Waals surface area contributed by atoms with Crippen LogP contribution in [0.1, 0.15) is 15.2 Å². The fourth-order valence-corrected chi connectivity index (χ4v) is 3.65. The predicted octanol–water partition coefficient (Wildman–Crippen LogP) is 3.43. The molecule has 0 atom stereocenters. The van der Waals surface area contributed by atoms with E-state index in [2.05, 4.69) is 5.43 Å². The highest BCUT2D eigenvalue weighted by molar-refractivity contribution is 8.26. The Morgan fingerprint density at radius 2 is 2.04 bits per heavy atom. The number of rotatable bonds is 3. The zero-order chi connectivity index (χ0) is 16.4. The van der Waals surface area contributed by atoms with Crippen LogP contribution in [-0.2, 0) is 4.79 Å². The molecule has 0 aliphatic carbocycles. The minimum Gasteiger partial charge on any atom is -0.266 e. The fraction of sp³-hybridized carbons (Fsp3) is 0. The van der Waals surface area contributed by atoms with Crippen molar-refractivity contribution in [1.29, 1.82) is 0 Å². The van der Waals surface area contributed by atoms with Gasteiger partial charge in [-0.25, -0.2) is 4.39 Å². The third-order valence-electron chi connectivity index (χ3n) is 2.94. The fourth-order valence-electron chi connectivity index (χ4n) is 1.86. The second-order valence-corrected chi connectivity index (χ2v) is 7.08. The summed E-state index contributed by atoms with van der Waals surface area (Å²) in [6.07, 6.45) is 1.42. The van der Waals surface area contributed by atoms with Crippen LogP contribution in [0.15, 0.2) is 46.7 Å². The molecule has 2 amide bonds. The Hall–Kier alpha value is -2.03. The van der Waals surface area contributed by atoms with E-state index in [0.29, 0.717) is 4.88 Å². The number of nitrogens with zero attached hydrogens (tertiary/aromatic N) is 1. The summed E-state index contributed by atoms with van der Waals surface area (Å²) < 4.78 is 13.9. The van der Waals surface area contributed by atoms with Crippen LogP contribution in [0.5, 0.6) is 0 Å². The smallest absolute Gasteiger partial charge is 0.266 e. The summed E-state index contributed by atoms with van der Waals surface area (Å²) in [6, 6.07) is 9.50. The number of thiophene rings is 1. The van der Waals surface area contributed by atoms with Crippen molar-refractivity contribution in [2.45, 2.75) is 0 Å². The number of nitrogens with one attached hydrogen (secondary N) is 1. The first-order valence-electron chi connectivity index (χ1n) is 6.43. The molecular weight excluding hydrogens is 355 g/mol. The molecule has 8 heteroatoms. The Bertz CT molecular complexity index is 818. The van der Waals surface area contributed by atoms with Crippen LogP contribution in [0, 0.1) is 5.82 Å². The Kier molecular flexibility index (Phi) is 4.56. The molecule has 1 aromatic heterocycles. The number of hydrazine groups is 1. The zero-order valence-electron chi connectivity index (χ0n) is 11.5. The van der Waals surface area contributed by atoms with E-state index in [4.69, 9.17) is 12.2 Å². The van der Waals surface area contributed by atoms with Gasteiger partial charge in [0.1, 0.15) is 5.82 Å². The Morgan fingerprint density at radius 1 is 1.26 bits per heavy atom. The SMILES string of the molecule is O=C(NN1C(=O)C(=Cc2ccccc2F)SC1=S)c1cccs1. The molecule has 0 radical (unpaired) electrons. The maximum absolute atomic E-state index is 13.7. The van der Waals surface area contributed by atoms with Gasteiger partial charge in [0, 0.05) is 5.56 Å². The van der Waals surface area contributed by atoms with Gasteiger partial charge in [-0.2, -0.15) is 5.01 Å². The summed E-state index contributed by atoms with van der Waals surface area (Å²) in [5, 5.41) is 2.77. The molecule has 23 heavy (non-hydrogen) atoms. The molecule has 0 unspecified atom stereocenters. The number of benzene rings is 1. The van der Waals surface area contributed by atoms with Gasteiger partial charge in [0.05, 0.1) is 9.78 Å². The summed E-state index contributed by atoms with van der Waals surface area (Å²) in [5.74, 6) is -1.32. The lowest BCUT2D eigenvalue weighted by molar-refractivity contribution is -0.123. The minimum absolute atomic E-state index is 0.197. The number of halogens is 1. The van der Waals surface area contributed by atoms with Crippen LogP contribution in [0.2, 0.25) is 0 Å². The number of amides is 2. The number of carbonyl (C=O) groups is 2. The maximum atomic E-state index is 13.7. The zero-order valence-corrected chi connectivity index (χ0v) is 13.9. The molecule has 3 rings (SSSR count). The summed E-state index contributed by atoms with van der Waals surface area (Å²) in [6.45, 7) is 0. The van der Waals surface area contributed by atoms with E-state index in [1.165, 1.54) is 23.5 Å². The molecule has 1 fully saturated rings. The molecule has 116 valence electrons. The molecule has 0 saturated carbocycles. The standard InChI is InChI=1S/C15H9FN2O2S3/c16-10-5-2-1-4-9(10)8-12-14(20)18(15(21)23-12)17-13(19)11-6-3-7-22-11/h1-8H,(H,17,19). The largest absolute Gasteiger partial charge is 0.285 e. The summed E-state index contributed by atoms with van der Waals surface area (Å²) in [5.41, 5.74) is 2.76. The Balaban J connectivity index is 1.80. The average Bonchev–Trinajstić information content (AvgIpc) is 3.14. The third kappa shape index (κ3) is 3.34. The molecular formula is C15H9FN2O2S3. The number of hydrogen-bond donors (Lipinski definition) is 1. The first kappa shape index (κ1) is 15.9. The van der Waals surface area contributed by atoms with Gasteiger partial charge in [-0.15, -0.1) is 11.3 Å². The van der Waals surface area contributed by atoms with Gasteiger partial charge < -0.3 is 0 Å². The second-order valence-electron chi connectivity index (χ2n) is 4.46. The summed E-state index contributed by atoms with van der Waals surface area (Å²) in [4.78, 5) is 25.1. The van der Waals surface area contributed by atoms with Crippen molar-refractivity contribution in [3.63, 3.8) is 0 Å². The first-order chi connectivity index (χ1) is 11.1. The van der Waals surface area contributed by atoms with E-state index in [1.54, 1.807) is 35.7 Å². The number of thioether (sulfide) groups is 1. The van der Waals surface area contributed by atoms with E-state index in [0.717, 1.165) is 16.8 Å². The summed E-state index contributed by atoms with van der Waals surface area (Å²) >= 11 is 7.39. The molecule has 2 aromatic rings. The highest BCUT2D eigenvalue weighted by Gasteiger charge is 2.34. The van der Waals surface area contributed by atoms with Crippen molar-refractivity contribution < 1.29 is 14.0 Å². The number of hydrogen-bond acceptors (Lipinski definition) is 5. The maximum Gasteiger partial charge on any atom is 0.285 e. The molecule has 1 aromatic carbocycles. The van der Waals surface area contributed by atoms with E-state index in [1.807, 2.05) is 0 Å². The molecule has 1 saturated heterocycles. The van der Waals surface area contributed by atoms with Gasteiger partial charge in [0.2, 0.25) is 0 Å². The van der Waals surface area contributed by atoms with Gasteiger partial charge in [-0.05, 0) is 35.8 Å². The van der Waals surface area contributed by atoms with Crippen molar-refractivity contribution in [3.8, 4) is 0 Å². The highest BCUT2D eigenvalue weighted by Crippen LogP contribution is 2.31. The van der Waals surface area contributed by atoms with E-state index in [-0.39, 0.29) is 14.8 Å². The van der Waals surface area contributed by atoms with Crippen LogP contribution in [-0.4, -0.2) is 21.1 Å². The van der Waals surface area contributed by atoms with Crippen LogP contribution in [0.25, 0.3) is 6.08 Å². The van der Waals surface area contributed by atoms with Gasteiger partial charge in [0.15, 0.2) is 4.32 Å². The Labute approximate surface area is 145 Å². The topological polar surface area (TPSA) is 49.4 Å². The van der Waals surface area contributed by atoms with Gasteiger partial charge >= 0.3 is 0 Å². The number of carbonyl (C=O) groups excluding carboxylic acids is 2. The quantitative estimate of drug-likeness (QED) is 0.670. The molecule has 0 bridgehead atoms. The lowest BCUT2D eigenvalue weighted by atomic mass is 10.2. The third-order valence-corrected chi connectivity index (χ3v) is 5.11. The molecule has 1 aliphatic heterocycles. The van der Waals surface area contributed by atoms with Crippen molar-refractivity contribution in [1.82, 2.24) is 10.4 Å². The van der Waals surface area contributed by atoms with Crippen LogP contribution in [0.4, 0.5) is 4.39 Å². The van der Waals surface area contributed by atoms with Crippen molar-refractivity contribution in [2.24, 2.45) is 0 Å². The summed E-state index contributed by atoms with van der Waals surface area (Å²) in [7, 11) is 0. The van der Waals surface area contributed by atoms with Crippen molar-refractivity contribution in [3.05, 3.63) is 62.9 Å². The van der Waals surface area contributed by atoms with Gasteiger partial charge in [-0.3, -0.25) is 15.0 Å². The van der Waals surface area contributed by atoms with Crippen LogP contribution in [0.3, 0.4) is 0 Å². The molecule has 0 spiro atoms.